The number of hydrogen-bond acceptors (Lipinski definition) is 5. The van der Waals surface area contributed by atoms with Crippen molar-refractivity contribution in [3.63, 3.8) is 0 Å². The molecule has 1 aliphatic heterocycles. The van der Waals surface area contributed by atoms with Gasteiger partial charge in [-0.2, -0.15) is 0 Å². The largest absolute Gasteiger partial charge is 0.454 e. The van der Waals surface area contributed by atoms with Gasteiger partial charge in [-0.15, -0.1) is 0 Å². The third kappa shape index (κ3) is 6.75. The Labute approximate surface area is 205 Å². The lowest BCUT2D eigenvalue weighted by atomic mass is 10.2. The highest BCUT2D eigenvalue weighted by molar-refractivity contribution is 6.08. The van der Waals surface area contributed by atoms with Gasteiger partial charge in [-0.1, -0.05) is 0 Å². The number of nitrogens with one attached hydrogen (secondary N) is 3. The Morgan fingerprint density at radius 1 is 0.861 bits per heavy atom. The number of rotatable bonds is 7. The molecule has 1 aromatic heterocycles. The van der Waals surface area contributed by atoms with E-state index >= 15 is 0 Å². The molecule has 0 unspecified atom stereocenters. The quantitative estimate of drug-likeness (QED) is 0.410. The normalized spacial score (nSPS) is 12.7. The van der Waals surface area contributed by atoms with E-state index < -0.39 is 29.9 Å². The number of ether oxygens (including phenoxy) is 1. The second-order valence-corrected chi connectivity index (χ2v) is 8.03. The summed E-state index contributed by atoms with van der Waals surface area (Å²) in [6, 6.07) is 11.6. The first-order chi connectivity index (χ1) is 17.4. The minimum absolute atomic E-state index is 0.106. The third-order valence-corrected chi connectivity index (χ3v) is 5.25. The summed E-state index contributed by atoms with van der Waals surface area (Å²) in [7, 11) is 0. The molecule has 4 rings (SSSR count). The molecule has 1 fully saturated rings. The zero-order valence-corrected chi connectivity index (χ0v) is 19.1. The van der Waals surface area contributed by atoms with Crippen LogP contribution in [-0.2, 0) is 9.59 Å². The zero-order valence-electron chi connectivity index (χ0n) is 19.1. The number of likely N-dealkylation sites (tertiary alicyclic amines) is 1. The van der Waals surface area contributed by atoms with Gasteiger partial charge in [0.25, 0.3) is 0 Å². The molecular weight excluding hydrogens is 472 g/mol. The molecule has 2 heterocycles. The van der Waals surface area contributed by atoms with Crippen molar-refractivity contribution in [1.82, 2.24) is 9.88 Å². The lowest BCUT2D eigenvalue weighted by Crippen LogP contribution is -2.32. The fourth-order valence-corrected chi connectivity index (χ4v) is 3.53. The molecule has 9 nitrogen and oxygen atoms in total. The smallest absolute Gasteiger partial charge is 0.323 e. The lowest BCUT2D eigenvalue weighted by Gasteiger charge is -2.16. The van der Waals surface area contributed by atoms with Crippen molar-refractivity contribution >= 4 is 35.0 Å². The summed E-state index contributed by atoms with van der Waals surface area (Å²) >= 11 is 0. The van der Waals surface area contributed by atoms with E-state index in [1.807, 2.05) is 0 Å². The van der Waals surface area contributed by atoms with Crippen molar-refractivity contribution in [2.45, 2.75) is 19.3 Å². The maximum atomic E-state index is 14.6. The molecule has 11 heteroatoms. The highest BCUT2D eigenvalue weighted by atomic mass is 19.1. The standard InChI is InChI=1S/C25H23F2N5O4/c26-16-3-5-17(6-4-16)29-23(33)15-24(34)30-18-7-8-21(20(27)13-18)36-19-9-10-28-22(14-19)31-25(35)32-11-1-2-12-32/h3-10,13-14H,1-2,11-12,15H2,(H,29,33)(H,30,34)(H,28,31,35). The molecule has 3 N–H and O–H groups in total. The number of amides is 4. The number of nitrogens with zero attached hydrogens (tertiary/aromatic N) is 2. The molecule has 36 heavy (non-hydrogen) atoms. The molecule has 1 aliphatic rings. The summed E-state index contributed by atoms with van der Waals surface area (Å²) in [5.74, 6) is -2.04. The molecule has 0 bridgehead atoms. The number of aromatic nitrogens is 1. The zero-order chi connectivity index (χ0) is 25.5. The van der Waals surface area contributed by atoms with Gasteiger partial charge in [-0.3, -0.25) is 14.9 Å². The van der Waals surface area contributed by atoms with E-state index in [1.165, 1.54) is 54.7 Å². The third-order valence-electron chi connectivity index (χ3n) is 5.25. The van der Waals surface area contributed by atoms with Crippen molar-refractivity contribution in [3.05, 3.63) is 72.4 Å². The van der Waals surface area contributed by atoms with Crippen molar-refractivity contribution in [2.24, 2.45) is 0 Å². The van der Waals surface area contributed by atoms with Gasteiger partial charge in [-0.25, -0.2) is 18.6 Å². The van der Waals surface area contributed by atoms with Crippen molar-refractivity contribution < 1.29 is 27.9 Å². The summed E-state index contributed by atoms with van der Waals surface area (Å²) in [6.07, 6.45) is 2.84. The van der Waals surface area contributed by atoms with E-state index in [-0.39, 0.29) is 29.0 Å². The van der Waals surface area contributed by atoms with Crippen LogP contribution in [0.1, 0.15) is 19.3 Å². The molecule has 4 amide bonds. The number of pyridine rings is 1. The first kappa shape index (κ1) is 24.6. The predicted octanol–water partition coefficient (Wildman–Crippen LogP) is 4.75. The Hall–Kier alpha value is -4.54. The number of halogens is 2. The van der Waals surface area contributed by atoms with Crippen LogP contribution in [0.4, 0.5) is 30.8 Å². The highest BCUT2D eigenvalue weighted by Crippen LogP contribution is 2.28. The SMILES string of the molecule is O=C(CC(=O)Nc1ccc(Oc2ccnc(NC(=O)N3CCCC3)c2)c(F)c1)Nc1ccc(F)cc1. The number of anilines is 3. The Morgan fingerprint density at radius 2 is 1.53 bits per heavy atom. The molecule has 1 saturated heterocycles. The van der Waals surface area contributed by atoms with Gasteiger partial charge in [0.2, 0.25) is 11.8 Å². The highest BCUT2D eigenvalue weighted by Gasteiger charge is 2.18. The van der Waals surface area contributed by atoms with Gasteiger partial charge in [0.1, 0.15) is 23.8 Å². The van der Waals surface area contributed by atoms with E-state index in [9.17, 15) is 23.2 Å². The summed E-state index contributed by atoms with van der Waals surface area (Å²) in [6.45, 7) is 1.38. The molecule has 0 atom stereocenters. The van der Waals surface area contributed by atoms with Crippen LogP contribution in [0, 0.1) is 11.6 Å². The van der Waals surface area contributed by atoms with E-state index in [1.54, 1.807) is 4.90 Å². The predicted molar refractivity (Wildman–Crippen MR) is 129 cm³/mol. The number of benzene rings is 2. The fourth-order valence-electron chi connectivity index (χ4n) is 3.53. The minimum Gasteiger partial charge on any atom is -0.454 e. The Kier molecular flexibility index (Phi) is 7.69. The second-order valence-electron chi connectivity index (χ2n) is 8.03. The number of carbonyl (C=O) groups excluding carboxylic acids is 3. The average molecular weight is 495 g/mol. The van der Waals surface area contributed by atoms with Crippen LogP contribution in [0.3, 0.4) is 0 Å². The van der Waals surface area contributed by atoms with Crippen LogP contribution in [0.25, 0.3) is 0 Å². The second kappa shape index (κ2) is 11.3. The molecule has 0 spiro atoms. The summed E-state index contributed by atoms with van der Waals surface area (Å²) < 4.78 is 33.1. The van der Waals surface area contributed by atoms with Crippen molar-refractivity contribution in [2.75, 3.05) is 29.0 Å². The summed E-state index contributed by atoms with van der Waals surface area (Å²) in [5, 5.41) is 7.60. The Balaban J connectivity index is 1.31. The average Bonchev–Trinajstić information content (AvgIpc) is 3.38. The summed E-state index contributed by atoms with van der Waals surface area (Å²) in [5.41, 5.74) is 0.476. The van der Waals surface area contributed by atoms with Crippen LogP contribution >= 0.6 is 0 Å². The molecule has 3 aromatic rings. The number of carbonyl (C=O) groups is 3. The van der Waals surface area contributed by atoms with Gasteiger partial charge in [0.15, 0.2) is 11.6 Å². The number of hydrogen-bond donors (Lipinski definition) is 3. The van der Waals surface area contributed by atoms with Gasteiger partial charge in [-0.05, 0) is 55.3 Å². The van der Waals surface area contributed by atoms with Crippen LogP contribution in [0.2, 0.25) is 0 Å². The molecule has 0 aliphatic carbocycles. The van der Waals surface area contributed by atoms with E-state index in [0.717, 1.165) is 18.9 Å². The van der Waals surface area contributed by atoms with Gasteiger partial charge in [0.05, 0.1) is 0 Å². The van der Waals surface area contributed by atoms with Gasteiger partial charge >= 0.3 is 6.03 Å². The first-order valence-corrected chi connectivity index (χ1v) is 11.2. The molecule has 0 saturated carbocycles. The van der Waals surface area contributed by atoms with Gasteiger partial charge < -0.3 is 20.3 Å². The minimum atomic E-state index is -0.747. The molecular formula is C25H23F2N5O4. The molecule has 0 radical (unpaired) electrons. The first-order valence-electron chi connectivity index (χ1n) is 11.2. The van der Waals surface area contributed by atoms with Crippen LogP contribution in [0.15, 0.2) is 60.8 Å². The van der Waals surface area contributed by atoms with E-state index in [2.05, 4.69) is 20.9 Å². The molecule has 2 aromatic carbocycles. The number of urea groups is 1. The van der Waals surface area contributed by atoms with Gasteiger partial charge in [0, 0.05) is 42.8 Å². The van der Waals surface area contributed by atoms with E-state index in [4.69, 9.17) is 4.74 Å². The maximum Gasteiger partial charge on any atom is 0.323 e. The van der Waals surface area contributed by atoms with Crippen molar-refractivity contribution in [1.29, 1.82) is 0 Å². The fraction of sp³-hybridized carbons (Fsp3) is 0.200. The maximum absolute atomic E-state index is 14.6. The van der Waals surface area contributed by atoms with E-state index in [0.29, 0.717) is 18.8 Å². The van der Waals surface area contributed by atoms with Crippen LogP contribution in [-0.4, -0.2) is 40.8 Å². The Bertz CT molecular complexity index is 1260. The lowest BCUT2D eigenvalue weighted by molar-refractivity contribution is -0.123. The molecule has 186 valence electrons. The topological polar surface area (TPSA) is 113 Å². The van der Waals surface area contributed by atoms with Crippen LogP contribution in [0.5, 0.6) is 11.5 Å². The monoisotopic (exact) mass is 495 g/mol. The van der Waals surface area contributed by atoms with Crippen molar-refractivity contribution in [3.8, 4) is 11.5 Å². The Morgan fingerprint density at radius 3 is 2.22 bits per heavy atom. The summed E-state index contributed by atoms with van der Waals surface area (Å²) in [4.78, 5) is 42.2. The van der Waals surface area contributed by atoms with Crippen LogP contribution < -0.4 is 20.7 Å².